The molecule has 3 rings (SSSR count). The molecule has 0 bridgehead atoms. The molecule has 1 saturated heterocycles. The van der Waals surface area contributed by atoms with Gasteiger partial charge in [0.05, 0.1) is 0 Å². The molecule has 1 fully saturated rings. The summed E-state index contributed by atoms with van der Waals surface area (Å²) in [6.07, 6.45) is 2.08. The molecule has 2 aromatic rings. The number of piperidine rings is 1. The highest BCUT2D eigenvalue weighted by atomic mass is 16.3. The molecular formula is C22H28N2O3. The smallest absolute Gasteiger partial charge is 0.255 e. The zero-order valence-corrected chi connectivity index (χ0v) is 15.8. The summed E-state index contributed by atoms with van der Waals surface area (Å²) in [5.74, 6) is 0.0490. The number of carbonyl (C=O) groups is 1. The lowest BCUT2D eigenvalue weighted by Gasteiger charge is -2.40. The quantitative estimate of drug-likeness (QED) is 0.788. The highest BCUT2D eigenvalue weighted by Crippen LogP contribution is 2.25. The largest absolute Gasteiger partial charge is 0.508 e. The standard InChI is InChI=1S/C22H28N2O3/c1-23(16-19-9-5-10-20(25)15-19)17-22(27)12-6-13-24(21(22)26)14-11-18-7-3-2-4-8-18/h2-5,7-10,15,25,27H,6,11-14,16-17H2,1H3/t22-/m0/s1. The fourth-order valence-corrected chi connectivity index (χ4v) is 3.80. The van der Waals surface area contributed by atoms with Gasteiger partial charge in [-0.1, -0.05) is 42.5 Å². The summed E-state index contributed by atoms with van der Waals surface area (Å²) >= 11 is 0. The minimum Gasteiger partial charge on any atom is -0.508 e. The molecule has 2 N–H and O–H groups in total. The van der Waals surface area contributed by atoms with Crippen molar-refractivity contribution >= 4 is 5.91 Å². The van der Waals surface area contributed by atoms with Gasteiger partial charge in [0.25, 0.3) is 5.91 Å². The van der Waals surface area contributed by atoms with E-state index in [1.54, 1.807) is 23.1 Å². The average molecular weight is 368 g/mol. The maximum Gasteiger partial charge on any atom is 0.255 e. The molecule has 0 saturated carbocycles. The lowest BCUT2D eigenvalue weighted by atomic mass is 9.90. The summed E-state index contributed by atoms with van der Waals surface area (Å²) in [7, 11) is 1.89. The highest BCUT2D eigenvalue weighted by Gasteiger charge is 2.42. The first-order chi connectivity index (χ1) is 13.0. The summed E-state index contributed by atoms with van der Waals surface area (Å²) in [6.45, 7) is 2.17. The molecule has 1 aliphatic heterocycles. The number of amides is 1. The van der Waals surface area contributed by atoms with Gasteiger partial charge >= 0.3 is 0 Å². The van der Waals surface area contributed by atoms with E-state index in [0.29, 0.717) is 26.1 Å². The lowest BCUT2D eigenvalue weighted by Crippen LogP contribution is -2.58. The number of benzene rings is 2. The number of rotatable bonds is 7. The Kier molecular flexibility index (Phi) is 6.14. The third-order valence-electron chi connectivity index (χ3n) is 5.11. The van der Waals surface area contributed by atoms with Gasteiger partial charge in [-0.25, -0.2) is 0 Å². The second kappa shape index (κ2) is 8.55. The summed E-state index contributed by atoms with van der Waals surface area (Å²) in [4.78, 5) is 16.6. The number of phenolic OH excluding ortho intramolecular Hbond substituents is 1. The first kappa shape index (κ1) is 19.4. The van der Waals surface area contributed by atoms with Gasteiger partial charge in [-0.2, -0.15) is 0 Å². The molecule has 1 atom stereocenters. The van der Waals surface area contributed by atoms with Gasteiger partial charge in [-0.15, -0.1) is 0 Å². The number of hydrogen-bond acceptors (Lipinski definition) is 4. The van der Waals surface area contributed by atoms with Crippen LogP contribution < -0.4 is 0 Å². The van der Waals surface area contributed by atoms with Crippen LogP contribution in [0.5, 0.6) is 5.75 Å². The number of hydrogen-bond donors (Lipinski definition) is 2. The Morgan fingerprint density at radius 3 is 2.59 bits per heavy atom. The molecular weight excluding hydrogens is 340 g/mol. The number of aromatic hydroxyl groups is 1. The van der Waals surface area contributed by atoms with Crippen molar-refractivity contribution in [2.75, 3.05) is 26.7 Å². The van der Waals surface area contributed by atoms with Gasteiger partial charge in [-0.3, -0.25) is 9.69 Å². The lowest BCUT2D eigenvalue weighted by molar-refractivity contribution is -0.159. The predicted octanol–water partition coefficient (Wildman–Crippen LogP) is 2.42. The zero-order chi connectivity index (χ0) is 19.3. The Morgan fingerprint density at radius 1 is 1.11 bits per heavy atom. The number of nitrogens with zero attached hydrogens (tertiary/aromatic N) is 2. The molecule has 0 aliphatic carbocycles. The Labute approximate surface area is 160 Å². The fourth-order valence-electron chi connectivity index (χ4n) is 3.80. The number of carbonyl (C=O) groups excluding carboxylic acids is 1. The van der Waals surface area contributed by atoms with Gasteiger partial charge in [0.2, 0.25) is 0 Å². The second-order valence-corrected chi connectivity index (χ2v) is 7.51. The van der Waals surface area contributed by atoms with Crippen LogP contribution in [0.25, 0.3) is 0 Å². The molecule has 1 amide bonds. The van der Waals surface area contributed by atoms with Crippen LogP contribution in [0.2, 0.25) is 0 Å². The maximum absolute atomic E-state index is 12.9. The van der Waals surface area contributed by atoms with E-state index in [9.17, 15) is 15.0 Å². The van der Waals surface area contributed by atoms with Crippen LogP contribution in [-0.4, -0.2) is 58.2 Å². The van der Waals surface area contributed by atoms with Crippen LogP contribution in [0.1, 0.15) is 24.0 Å². The third-order valence-corrected chi connectivity index (χ3v) is 5.11. The van der Waals surface area contributed by atoms with E-state index < -0.39 is 5.60 Å². The van der Waals surface area contributed by atoms with Crippen LogP contribution in [0.4, 0.5) is 0 Å². The zero-order valence-electron chi connectivity index (χ0n) is 15.8. The van der Waals surface area contributed by atoms with Crippen LogP contribution >= 0.6 is 0 Å². The molecule has 144 valence electrons. The molecule has 5 nitrogen and oxygen atoms in total. The van der Waals surface area contributed by atoms with Crippen molar-refractivity contribution in [2.24, 2.45) is 0 Å². The highest BCUT2D eigenvalue weighted by molar-refractivity contribution is 5.86. The number of phenols is 1. The Hall–Kier alpha value is -2.37. The van der Waals surface area contributed by atoms with Crippen LogP contribution in [0.15, 0.2) is 54.6 Å². The number of likely N-dealkylation sites (tertiary alicyclic amines) is 1. The molecule has 1 aliphatic rings. The summed E-state index contributed by atoms with van der Waals surface area (Å²) in [5, 5.41) is 20.6. The van der Waals surface area contributed by atoms with Crippen molar-refractivity contribution in [3.63, 3.8) is 0 Å². The number of aliphatic hydroxyl groups is 1. The van der Waals surface area contributed by atoms with Gasteiger partial charge < -0.3 is 15.1 Å². The normalized spacial score (nSPS) is 20.3. The first-order valence-electron chi connectivity index (χ1n) is 9.48. The van der Waals surface area contributed by atoms with E-state index >= 15 is 0 Å². The molecule has 27 heavy (non-hydrogen) atoms. The molecule has 0 radical (unpaired) electrons. The fraction of sp³-hybridized carbons (Fsp3) is 0.409. The summed E-state index contributed by atoms with van der Waals surface area (Å²) in [6, 6.07) is 17.2. The molecule has 1 heterocycles. The first-order valence-corrected chi connectivity index (χ1v) is 9.48. The van der Waals surface area contributed by atoms with Crippen molar-refractivity contribution in [1.82, 2.24) is 9.80 Å². The summed E-state index contributed by atoms with van der Waals surface area (Å²) in [5.41, 5.74) is 0.797. The topological polar surface area (TPSA) is 64.0 Å². The molecule has 5 heteroatoms. The minimum atomic E-state index is -1.35. The van der Waals surface area contributed by atoms with Crippen molar-refractivity contribution in [1.29, 1.82) is 0 Å². The van der Waals surface area contributed by atoms with Gasteiger partial charge in [0.15, 0.2) is 5.60 Å². The Bertz CT molecular complexity index is 765. The van der Waals surface area contributed by atoms with Crippen molar-refractivity contribution in [3.8, 4) is 5.75 Å². The maximum atomic E-state index is 12.9. The van der Waals surface area contributed by atoms with Gasteiger partial charge in [0.1, 0.15) is 5.75 Å². The van der Waals surface area contributed by atoms with E-state index in [0.717, 1.165) is 18.4 Å². The average Bonchev–Trinajstić information content (AvgIpc) is 2.64. The summed E-state index contributed by atoms with van der Waals surface area (Å²) < 4.78 is 0. The second-order valence-electron chi connectivity index (χ2n) is 7.51. The van der Waals surface area contributed by atoms with E-state index in [4.69, 9.17) is 0 Å². The van der Waals surface area contributed by atoms with Crippen molar-refractivity contribution < 1.29 is 15.0 Å². The third kappa shape index (κ3) is 5.08. The van der Waals surface area contributed by atoms with Gasteiger partial charge in [0, 0.05) is 26.2 Å². The van der Waals surface area contributed by atoms with Crippen molar-refractivity contribution in [2.45, 2.75) is 31.4 Å². The van der Waals surface area contributed by atoms with Crippen molar-refractivity contribution in [3.05, 3.63) is 65.7 Å². The molecule has 0 aromatic heterocycles. The van der Waals surface area contributed by atoms with E-state index in [2.05, 4.69) is 12.1 Å². The van der Waals surface area contributed by atoms with Crippen LogP contribution in [0, 0.1) is 0 Å². The van der Waals surface area contributed by atoms with Crippen LogP contribution in [0.3, 0.4) is 0 Å². The Morgan fingerprint density at radius 2 is 1.85 bits per heavy atom. The minimum absolute atomic E-state index is 0.174. The number of likely N-dealkylation sites (N-methyl/N-ethyl adjacent to an activating group) is 1. The molecule has 0 spiro atoms. The Balaban J connectivity index is 1.59. The van der Waals surface area contributed by atoms with E-state index in [-0.39, 0.29) is 18.2 Å². The molecule has 2 aromatic carbocycles. The van der Waals surface area contributed by atoms with E-state index in [1.165, 1.54) is 5.56 Å². The predicted molar refractivity (Wildman–Crippen MR) is 105 cm³/mol. The SMILES string of the molecule is CN(Cc1cccc(O)c1)C[C@@]1(O)CCCN(CCc2ccccc2)C1=O. The van der Waals surface area contributed by atoms with Gasteiger partial charge in [-0.05, 0) is 49.6 Å². The van der Waals surface area contributed by atoms with Crippen LogP contribution in [-0.2, 0) is 17.8 Å². The monoisotopic (exact) mass is 368 g/mol. The molecule has 0 unspecified atom stereocenters. The van der Waals surface area contributed by atoms with E-state index in [1.807, 2.05) is 36.2 Å².